The van der Waals surface area contributed by atoms with Gasteiger partial charge in [0.05, 0.1) is 24.6 Å². The van der Waals surface area contributed by atoms with Crippen LogP contribution in [0.25, 0.3) is 0 Å². The molecule has 4 rings (SSSR count). The standard InChI is InChI=1S/C25H35N3O3S/c1-31-24-15-14-23(28(32(2,29)30)22-12-6-7-13-22)18-20(24)19-25(16-8-9-17-27(25)26)21-10-4-3-5-11-21/h3-5,10-11,14-15,18,22H,6-9,12-13,16-17,19,26H2,1-2H3. The van der Waals surface area contributed by atoms with Crippen LogP contribution in [0.1, 0.15) is 56.1 Å². The predicted molar refractivity (Wildman–Crippen MR) is 129 cm³/mol. The Morgan fingerprint density at radius 2 is 1.81 bits per heavy atom. The van der Waals surface area contributed by atoms with Gasteiger partial charge in [0.2, 0.25) is 10.0 Å². The molecule has 0 amide bonds. The maximum absolute atomic E-state index is 12.8. The number of hydrazine groups is 1. The first-order valence-corrected chi connectivity index (χ1v) is 13.4. The lowest BCUT2D eigenvalue weighted by atomic mass is 9.77. The predicted octanol–water partition coefficient (Wildman–Crippen LogP) is 4.20. The Hall–Kier alpha value is -2.09. The highest BCUT2D eigenvalue weighted by Crippen LogP contribution is 2.42. The summed E-state index contributed by atoms with van der Waals surface area (Å²) < 4.78 is 32.9. The number of piperidine rings is 1. The van der Waals surface area contributed by atoms with Crippen molar-refractivity contribution in [3.05, 3.63) is 59.7 Å². The molecule has 2 aliphatic rings. The third-order valence-corrected chi connectivity index (χ3v) is 8.34. The van der Waals surface area contributed by atoms with Crippen molar-refractivity contribution in [1.82, 2.24) is 5.01 Å². The van der Waals surface area contributed by atoms with Crippen molar-refractivity contribution in [2.75, 3.05) is 24.2 Å². The first kappa shape index (κ1) is 23.1. The van der Waals surface area contributed by atoms with Crippen LogP contribution < -0.4 is 14.9 Å². The van der Waals surface area contributed by atoms with Gasteiger partial charge >= 0.3 is 0 Å². The zero-order valence-electron chi connectivity index (χ0n) is 19.2. The molecule has 2 aromatic carbocycles. The van der Waals surface area contributed by atoms with Crippen LogP contribution in [0.5, 0.6) is 5.75 Å². The lowest BCUT2D eigenvalue weighted by molar-refractivity contribution is 0.0421. The molecule has 174 valence electrons. The highest BCUT2D eigenvalue weighted by molar-refractivity contribution is 7.92. The fraction of sp³-hybridized carbons (Fsp3) is 0.520. The minimum absolute atomic E-state index is 0.0232. The smallest absolute Gasteiger partial charge is 0.232 e. The van der Waals surface area contributed by atoms with E-state index in [1.165, 1.54) is 11.8 Å². The summed E-state index contributed by atoms with van der Waals surface area (Å²) in [7, 11) is -1.72. The molecule has 1 heterocycles. The summed E-state index contributed by atoms with van der Waals surface area (Å²) in [6.45, 7) is 0.828. The molecule has 1 aliphatic carbocycles. The van der Waals surface area contributed by atoms with Gasteiger partial charge in [0.25, 0.3) is 0 Å². The number of hydrogen-bond acceptors (Lipinski definition) is 5. The molecule has 2 fully saturated rings. The Balaban J connectivity index is 1.78. The minimum Gasteiger partial charge on any atom is -0.496 e. The number of hydrogen-bond donors (Lipinski definition) is 1. The van der Waals surface area contributed by atoms with Crippen LogP contribution in [0.4, 0.5) is 5.69 Å². The molecule has 0 bridgehead atoms. The van der Waals surface area contributed by atoms with Gasteiger partial charge in [-0.2, -0.15) is 0 Å². The van der Waals surface area contributed by atoms with Crippen molar-refractivity contribution in [3.8, 4) is 5.75 Å². The average Bonchev–Trinajstić information content (AvgIpc) is 3.29. The van der Waals surface area contributed by atoms with Crippen molar-refractivity contribution in [3.63, 3.8) is 0 Å². The zero-order valence-corrected chi connectivity index (χ0v) is 20.0. The SMILES string of the molecule is COc1ccc(N(C2CCCC2)S(C)(=O)=O)cc1CC1(c2ccccc2)CCCCN1N. The van der Waals surface area contributed by atoms with Crippen LogP contribution in [0.3, 0.4) is 0 Å². The summed E-state index contributed by atoms with van der Waals surface area (Å²) in [6, 6.07) is 16.2. The van der Waals surface area contributed by atoms with Crippen molar-refractivity contribution < 1.29 is 13.2 Å². The zero-order chi connectivity index (χ0) is 22.8. The first-order chi connectivity index (χ1) is 15.3. The summed E-state index contributed by atoms with van der Waals surface area (Å²) in [5.74, 6) is 7.40. The quantitative estimate of drug-likeness (QED) is 0.631. The third kappa shape index (κ3) is 4.51. The maximum Gasteiger partial charge on any atom is 0.232 e. The van der Waals surface area contributed by atoms with Crippen LogP contribution in [0.2, 0.25) is 0 Å². The lowest BCUT2D eigenvalue weighted by Gasteiger charge is -2.45. The molecule has 2 aromatic rings. The van der Waals surface area contributed by atoms with E-state index in [0.29, 0.717) is 6.42 Å². The number of sulfonamides is 1. The molecule has 1 saturated heterocycles. The van der Waals surface area contributed by atoms with Crippen molar-refractivity contribution >= 4 is 15.7 Å². The van der Waals surface area contributed by atoms with Gasteiger partial charge in [-0.3, -0.25) is 10.1 Å². The van der Waals surface area contributed by atoms with Gasteiger partial charge in [0.15, 0.2) is 0 Å². The second kappa shape index (κ2) is 9.41. The Morgan fingerprint density at radius 3 is 2.44 bits per heavy atom. The van der Waals surface area contributed by atoms with Crippen molar-refractivity contribution in [2.24, 2.45) is 5.84 Å². The van der Waals surface area contributed by atoms with E-state index in [2.05, 4.69) is 24.3 Å². The molecule has 7 heteroatoms. The largest absolute Gasteiger partial charge is 0.496 e. The minimum atomic E-state index is -3.39. The van der Waals surface area contributed by atoms with E-state index in [1.54, 1.807) is 11.4 Å². The van der Waals surface area contributed by atoms with Gasteiger partial charge in [-0.15, -0.1) is 0 Å². The van der Waals surface area contributed by atoms with Crippen LogP contribution in [-0.4, -0.2) is 39.4 Å². The molecule has 6 nitrogen and oxygen atoms in total. The fourth-order valence-electron chi connectivity index (χ4n) is 5.57. The van der Waals surface area contributed by atoms with E-state index >= 15 is 0 Å². The summed E-state index contributed by atoms with van der Waals surface area (Å²) in [4.78, 5) is 0. The van der Waals surface area contributed by atoms with Crippen LogP contribution in [0.15, 0.2) is 48.5 Å². The monoisotopic (exact) mass is 457 g/mol. The summed E-state index contributed by atoms with van der Waals surface area (Å²) in [5, 5.41) is 1.98. The number of rotatable bonds is 7. The molecule has 1 saturated carbocycles. The van der Waals surface area contributed by atoms with Crippen molar-refractivity contribution in [2.45, 2.75) is 62.9 Å². The highest BCUT2D eigenvalue weighted by Gasteiger charge is 2.40. The first-order valence-electron chi connectivity index (χ1n) is 11.6. The summed E-state index contributed by atoms with van der Waals surface area (Å²) in [6.07, 6.45) is 9.03. The Kier molecular flexibility index (Phi) is 6.79. The van der Waals surface area contributed by atoms with E-state index in [-0.39, 0.29) is 11.6 Å². The van der Waals surface area contributed by atoms with Gasteiger partial charge in [0, 0.05) is 12.6 Å². The van der Waals surface area contributed by atoms with Gasteiger partial charge in [-0.05, 0) is 67.9 Å². The van der Waals surface area contributed by atoms with Gasteiger partial charge in [-0.25, -0.2) is 13.4 Å². The molecule has 2 N–H and O–H groups in total. The number of methoxy groups -OCH3 is 1. The van der Waals surface area contributed by atoms with Gasteiger partial charge in [0.1, 0.15) is 5.75 Å². The van der Waals surface area contributed by atoms with Crippen LogP contribution in [0, 0.1) is 0 Å². The van der Waals surface area contributed by atoms with Gasteiger partial charge < -0.3 is 4.74 Å². The molecule has 0 spiro atoms. The normalized spacial score (nSPS) is 22.7. The van der Waals surface area contributed by atoms with E-state index in [4.69, 9.17) is 10.6 Å². The topological polar surface area (TPSA) is 75.9 Å². The Bertz CT molecular complexity index is 1020. The molecule has 1 unspecified atom stereocenters. The molecular formula is C25H35N3O3S. The molecule has 1 atom stereocenters. The number of nitrogens with two attached hydrogens (primary N) is 1. The average molecular weight is 458 g/mol. The number of nitrogens with zero attached hydrogens (tertiary/aromatic N) is 2. The second-order valence-corrected chi connectivity index (χ2v) is 11.1. The van der Waals surface area contributed by atoms with E-state index in [1.807, 2.05) is 29.3 Å². The molecule has 32 heavy (non-hydrogen) atoms. The Morgan fingerprint density at radius 1 is 1.09 bits per heavy atom. The van der Waals surface area contributed by atoms with E-state index in [0.717, 1.165) is 68.5 Å². The van der Waals surface area contributed by atoms with Crippen LogP contribution in [-0.2, 0) is 22.0 Å². The lowest BCUT2D eigenvalue weighted by Crippen LogP contribution is -2.54. The number of anilines is 1. The highest BCUT2D eigenvalue weighted by atomic mass is 32.2. The summed E-state index contributed by atoms with van der Waals surface area (Å²) >= 11 is 0. The Labute approximate surface area is 192 Å². The van der Waals surface area contributed by atoms with Crippen molar-refractivity contribution in [1.29, 1.82) is 0 Å². The van der Waals surface area contributed by atoms with E-state index < -0.39 is 10.0 Å². The van der Waals surface area contributed by atoms with Gasteiger partial charge in [-0.1, -0.05) is 43.2 Å². The molecule has 0 radical (unpaired) electrons. The maximum atomic E-state index is 12.8. The number of benzene rings is 2. The third-order valence-electron chi connectivity index (χ3n) is 7.12. The molecule has 1 aliphatic heterocycles. The van der Waals surface area contributed by atoms with Crippen LogP contribution >= 0.6 is 0 Å². The number of ether oxygens (including phenoxy) is 1. The van der Waals surface area contributed by atoms with E-state index in [9.17, 15) is 8.42 Å². The fourth-order valence-corrected chi connectivity index (χ4v) is 6.82. The molecular weight excluding hydrogens is 422 g/mol. The summed E-state index contributed by atoms with van der Waals surface area (Å²) in [5.41, 5.74) is 2.54. The molecule has 0 aromatic heterocycles. The second-order valence-electron chi connectivity index (χ2n) is 9.22.